The molecule has 0 aromatic heterocycles. The van der Waals surface area contributed by atoms with Crippen LogP contribution in [0.3, 0.4) is 0 Å². The Labute approximate surface area is 152 Å². The molecule has 0 saturated carbocycles. The van der Waals surface area contributed by atoms with Crippen molar-refractivity contribution in [2.24, 2.45) is 5.73 Å². The summed E-state index contributed by atoms with van der Waals surface area (Å²) in [7, 11) is 0. The molecule has 3 aromatic carbocycles. The SMILES string of the molecule is N#CNc1cccc(-c2ccc(-c3ccccc3)cc2CCC(N)=O)c1. The van der Waals surface area contributed by atoms with E-state index in [1.54, 1.807) is 0 Å². The molecule has 128 valence electrons. The lowest BCUT2D eigenvalue weighted by Crippen LogP contribution is -2.11. The highest BCUT2D eigenvalue weighted by Crippen LogP contribution is 2.31. The first kappa shape index (κ1) is 17.2. The number of anilines is 1. The predicted molar refractivity (Wildman–Crippen MR) is 104 cm³/mol. The first-order chi connectivity index (χ1) is 12.7. The number of amides is 1. The van der Waals surface area contributed by atoms with Gasteiger partial charge in [-0.1, -0.05) is 60.7 Å². The Morgan fingerprint density at radius 3 is 2.42 bits per heavy atom. The monoisotopic (exact) mass is 341 g/mol. The van der Waals surface area contributed by atoms with Crippen LogP contribution in [0.1, 0.15) is 12.0 Å². The topological polar surface area (TPSA) is 78.9 Å². The number of primary amides is 1. The normalized spacial score (nSPS) is 10.1. The van der Waals surface area contributed by atoms with Crippen LogP contribution in [0.25, 0.3) is 22.3 Å². The Hall–Kier alpha value is -3.58. The van der Waals surface area contributed by atoms with Gasteiger partial charge in [0.1, 0.15) is 0 Å². The number of nitriles is 1. The van der Waals surface area contributed by atoms with Crippen LogP contribution in [0.5, 0.6) is 0 Å². The van der Waals surface area contributed by atoms with Crippen molar-refractivity contribution in [3.05, 3.63) is 78.4 Å². The van der Waals surface area contributed by atoms with E-state index in [0.717, 1.165) is 33.5 Å². The van der Waals surface area contributed by atoms with E-state index in [9.17, 15) is 4.79 Å². The molecule has 3 N–H and O–H groups in total. The third-order valence-electron chi connectivity index (χ3n) is 4.23. The molecule has 3 rings (SSSR count). The molecule has 0 radical (unpaired) electrons. The van der Waals surface area contributed by atoms with Crippen molar-refractivity contribution in [3.63, 3.8) is 0 Å². The summed E-state index contributed by atoms with van der Waals surface area (Å²) in [5, 5.41) is 11.5. The van der Waals surface area contributed by atoms with Crippen LogP contribution in [0.2, 0.25) is 0 Å². The van der Waals surface area contributed by atoms with Crippen LogP contribution >= 0.6 is 0 Å². The van der Waals surface area contributed by atoms with Crippen molar-refractivity contribution in [1.82, 2.24) is 0 Å². The summed E-state index contributed by atoms with van der Waals surface area (Å²) in [6.07, 6.45) is 2.80. The molecule has 0 bridgehead atoms. The van der Waals surface area contributed by atoms with Crippen LogP contribution in [-0.4, -0.2) is 5.91 Å². The number of nitrogens with zero attached hydrogens (tertiary/aromatic N) is 1. The van der Waals surface area contributed by atoms with E-state index in [4.69, 9.17) is 11.0 Å². The third-order valence-corrected chi connectivity index (χ3v) is 4.23. The van der Waals surface area contributed by atoms with Crippen molar-refractivity contribution < 1.29 is 4.79 Å². The molecule has 0 heterocycles. The second-order valence-corrected chi connectivity index (χ2v) is 6.02. The van der Waals surface area contributed by atoms with Gasteiger partial charge in [0.2, 0.25) is 5.91 Å². The quantitative estimate of drug-likeness (QED) is 0.517. The molecule has 0 aliphatic carbocycles. The second-order valence-electron chi connectivity index (χ2n) is 6.02. The fourth-order valence-corrected chi connectivity index (χ4v) is 2.98. The average molecular weight is 341 g/mol. The van der Waals surface area contributed by atoms with Gasteiger partial charge in [0, 0.05) is 12.1 Å². The number of hydrogen-bond donors (Lipinski definition) is 2. The van der Waals surface area contributed by atoms with Crippen molar-refractivity contribution in [3.8, 4) is 28.4 Å². The number of hydrogen-bond acceptors (Lipinski definition) is 3. The highest BCUT2D eigenvalue weighted by molar-refractivity contribution is 5.78. The Morgan fingerprint density at radius 2 is 1.69 bits per heavy atom. The molecule has 4 nitrogen and oxygen atoms in total. The number of aryl methyl sites for hydroxylation is 1. The molecule has 0 fully saturated rings. The predicted octanol–water partition coefficient (Wildman–Crippen LogP) is 4.33. The lowest BCUT2D eigenvalue weighted by atomic mass is 9.92. The molecule has 0 aliphatic rings. The summed E-state index contributed by atoms with van der Waals surface area (Å²) in [5.74, 6) is -0.319. The highest BCUT2D eigenvalue weighted by atomic mass is 16.1. The fraction of sp³-hybridized carbons (Fsp3) is 0.0909. The summed E-state index contributed by atoms with van der Waals surface area (Å²) in [4.78, 5) is 11.3. The zero-order valence-electron chi connectivity index (χ0n) is 14.3. The molecule has 0 spiro atoms. The molecule has 3 aromatic rings. The van der Waals surface area contributed by atoms with Crippen LogP contribution < -0.4 is 11.1 Å². The smallest absolute Gasteiger partial charge is 0.217 e. The zero-order chi connectivity index (χ0) is 18.4. The standard InChI is InChI=1S/C22H19N3O/c23-15-25-20-8-4-7-18(14-20)21-11-9-17(16-5-2-1-3-6-16)13-19(21)10-12-22(24)26/h1-9,11,13-14,25H,10,12H2,(H2,24,26). The number of carbonyl (C=O) groups excluding carboxylic acids is 1. The molecule has 4 heteroatoms. The minimum atomic E-state index is -0.319. The Bertz CT molecular complexity index is 959. The number of carbonyl (C=O) groups is 1. The van der Waals surface area contributed by atoms with E-state index in [0.29, 0.717) is 12.8 Å². The molecule has 26 heavy (non-hydrogen) atoms. The Kier molecular flexibility index (Phi) is 5.31. The summed E-state index contributed by atoms with van der Waals surface area (Å²) in [6.45, 7) is 0. The number of nitrogens with two attached hydrogens (primary N) is 1. The molecule has 0 saturated heterocycles. The van der Waals surface area contributed by atoms with E-state index in [-0.39, 0.29) is 5.91 Å². The van der Waals surface area contributed by atoms with Gasteiger partial charge < -0.3 is 5.73 Å². The lowest BCUT2D eigenvalue weighted by Gasteiger charge is -2.13. The van der Waals surface area contributed by atoms with Gasteiger partial charge in [-0.05, 0) is 46.4 Å². The molecule has 1 amide bonds. The van der Waals surface area contributed by atoms with Gasteiger partial charge in [0.15, 0.2) is 6.19 Å². The largest absolute Gasteiger partial charge is 0.370 e. The Morgan fingerprint density at radius 1 is 0.923 bits per heavy atom. The Balaban J connectivity index is 2.05. The van der Waals surface area contributed by atoms with E-state index in [1.807, 2.05) is 48.7 Å². The maximum absolute atomic E-state index is 11.3. The summed E-state index contributed by atoms with van der Waals surface area (Å²) < 4.78 is 0. The summed E-state index contributed by atoms with van der Waals surface area (Å²) in [5.41, 5.74) is 11.4. The lowest BCUT2D eigenvalue weighted by molar-refractivity contribution is -0.117. The van der Waals surface area contributed by atoms with Crippen molar-refractivity contribution in [2.45, 2.75) is 12.8 Å². The molecule has 0 unspecified atom stereocenters. The van der Waals surface area contributed by atoms with Crippen molar-refractivity contribution >= 4 is 11.6 Å². The van der Waals surface area contributed by atoms with Gasteiger partial charge in [-0.15, -0.1) is 0 Å². The maximum atomic E-state index is 11.3. The summed E-state index contributed by atoms with van der Waals surface area (Å²) >= 11 is 0. The minimum Gasteiger partial charge on any atom is -0.370 e. The number of nitrogens with one attached hydrogen (secondary N) is 1. The van der Waals surface area contributed by atoms with Crippen LogP contribution in [0, 0.1) is 11.5 Å². The van der Waals surface area contributed by atoms with Gasteiger partial charge in [-0.25, -0.2) is 0 Å². The van der Waals surface area contributed by atoms with E-state index < -0.39 is 0 Å². The highest BCUT2D eigenvalue weighted by Gasteiger charge is 2.10. The van der Waals surface area contributed by atoms with Crippen LogP contribution in [-0.2, 0) is 11.2 Å². The van der Waals surface area contributed by atoms with Gasteiger partial charge in [-0.3, -0.25) is 10.1 Å². The number of rotatable bonds is 6. The minimum absolute atomic E-state index is 0.293. The first-order valence-corrected chi connectivity index (χ1v) is 8.39. The van der Waals surface area contributed by atoms with E-state index >= 15 is 0 Å². The molecule has 0 aliphatic heterocycles. The molecule has 0 atom stereocenters. The number of benzene rings is 3. The fourth-order valence-electron chi connectivity index (χ4n) is 2.98. The van der Waals surface area contributed by atoms with Gasteiger partial charge >= 0.3 is 0 Å². The maximum Gasteiger partial charge on any atom is 0.217 e. The van der Waals surface area contributed by atoms with Gasteiger partial charge in [0.05, 0.1) is 0 Å². The average Bonchev–Trinajstić information content (AvgIpc) is 2.67. The van der Waals surface area contributed by atoms with Gasteiger partial charge in [0.25, 0.3) is 0 Å². The van der Waals surface area contributed by atoms with Crippen molar-refractivity contribution in [1.29, 1.82) is 5.26 Å². The van der Waals surface area contributed by atoms with Crippen LogP contribution in [0.15, 0.2) is 72.8 Å². The molecular weight excluding hydrogens is 322 g/mol. The van der Waals surface area contributed by atoms with E-state index in [2.05, 4.69) is 35.6 Å². The van der Waals surface area contributed by atoms with E-state index in [1.165, 1.54) is 0 Å². The third kappa shape index (κ3) is 4.08. The summed E-state index contributed by atoms with van der Waals surface area (Å²) in [6, 6.07) is 24.0. The van der Waals surface area contributed by atoms with Crippen molar-refractivity contribution in [2.75, 3.05) is 5.32 Å². The zero-order valence-corrected chi connectivity index (χ0v) is 14.3. The second kappa shape index (κ2) is 8.00. The first-order valence-electron chi connectivity index (χ1n) is 8.39. The van der Waals surface area contributed by atoms with Gasteiger partial charge in [-0.2, -0.15) is 5.26 Å². The van der Waals surface area contributed by atoms with Crippen LogP contribution in [0.4, 0.5) is 5.69 Å². The molecular formula is C22H19N3O.